The first-order chi connectivity index (χ1) is 12.6. The summed E-state index contributed by atoms with van der Waals surface area (Å²) in [5.74, 6) is -0.979. The molecule has 8 nitrogen and oxygen atoms in total. The number of morpholine rings is 1. The van der Waals surface area contributed by atoms with Crippen LogP contribution in [0.4, 0.5) is 0 Å². The lowest BCUT2D eigenvalue weighted by atomic mass is 9.98. The number of carbonyl (C=O) groups is 1. The van der Waals surface area contributed by atoms with Gasteiger partial charge in [-0.1, -0.05) is 0 Å². The molecule has 140 valence electrons. The molecule has 0 amide bonds. The third-order valence-corrected chi connectivity index (χ3v) is 4.28. The number of methoxy groups -OCH3 is 1. The van der Waals surface area contributed by atoms with Gasteiger partial charge in [-0.2, -0.15) is 0 Å². The van der Waals surface area contributed by atoms with Crippen LogP contribution in [-0.4, -0.2) is 49.4 Å². The molecule has 0 bridgehead atoms. The molecule has 0 saturated carbocycles. The lowest BCUT2D eigenvalue weighted by molar-refractivity contribution is -0.141. The minimum Gasteiger partial charge on any atom is -0.502 e. The molecule has 1 aliphatic heterocycles. The average molecular weight is 363 g/mol. The fraction of sp³-hybridized carbons (Fsp3) is 0.444. The zero-order valence-electron chi connectivity index (χ0n) is 14.5. The summed E-state index contributed by atoms with van der Waals surface area (Å²) in [6.07, 6.45) is 1.33. The minimum absolute atomic E-state index is 0.00103. The third kappa shape index (κ3) is 4.14. The van der Waals surface area contributed by atoms with Crippen molar-refractivity contribution in [2.45, 2.75) is 18.9 Å². The van der Waals surface area contributed by atoms with Crippen LogP contribution < -0.4 is 5.43 Å². The maximum absolute atomic E-state index is 12.2. The zero-order chi connectivity index (χ0) is 18.5. The van der Waals surface area contributed by atoms with E-state index in [1.807, 2.05) is 0 Å². The first-order valence-electron chi connectivity index (χ1n) is 8.34. The number of hydrogen-bond donors (Lipinski definition) is 1. The molecule has 1 N–H and O–H groups in total. The molecular weight excluding hydrogens is 342 g/mol. The third-order valence-electron chi connectivity index (χ3n) is 4.28. The van der Waals surface area contributed by atoms with Gasteiger partial charge in [0.1, 0.15) is 11.5 Å². The molecule has 26 heavy (non-hydrogen) atoms. The van der Waals surface area contributed by atoms with E-state index in [9.17, 15) is 14.7 Å². The summed E-state index contributed by atoms with van der Waals surface area (Å²) in [6, 6.07) is 4.58. The van der Waals surface area contributed by atoms with Gasteiger partial charge in [-0.15, -0.1) is 0 Å². The van der Waals surface area contributed by atoms with Crippen molar-refractivity contribution < 1.29 is 28.2 Å². The number of aromatic hydroxyl groups is 1. The second kappa shape index (κ2) is 8.20. The number of nitrogens with zero attached hydrogens (tertiary/aromatic N) is 1. The Hall–Kier alpha value is -2.58. The highest BCUT2D eigenvalue weighted by molar-refractivity contribution is 5.71. The normalized spacial score (nSPS) is 16.3. The van der Waals surface area contributed by atoms with E-state index in [2.05, 4.69) is 4.90 Å². The first kappa shape index (κ1) is 18.2. The molecule has 3 heterocycles. The van der Waals surface area contributed by atoms with Gasteiger partial charge in [0.05, 0.1) is 45.5 Å². The summed E-state index contributed by atoms with van der Waals surface area (Å²) in [5, 5.41) is 10.2. The van der Waals surface area contributed by atoms with Crippen LogP contribution in [-0.2, 0) is 20.8 Å². The number of esters is 1. The molecule has 2 aromatic rings. The van der Waals surface area contributed by atoms with Crippen LogP contribution in [0.25, 0.3) is 0 Å². The highest BCUT2D eigenvalue weighted by Crippen LogP contribution is 2.33. The summed E-state index contributed by atoms with van der Waals surface area (Å²) in [6.45, 7) is 3.10. The lowest BCUT2D eigenvalue weighted by Crippen LogP contribution is -2.35. The van der Waals surface area contributed by atoms with E-state index in [0.29, 0.717) is 31.3 Å². The maximum Gasteiger partial charge on any atom is 0.306 e. The second-order valence-electron chi connectivity index (χ2n) is 6.03. The highest BCUT2D eigenvalue weighted by atomic mass is 16.5. The van der Waals surface area contributed by atoms with Crippen LogP contribution in [0.3, 0.4) is 0 Å². The lowest BCUT2D eigenvalue weighted by Gasteiger charge is -2.26. The molecule has 0 aromatic carbocycles. The summed E-state index contributed by atoms with van der Waals surface area (Å²) in [4.78, 5) is 26.1. The Bertz CT molecular complexity index is 790. The Morgan fingerprint density at radius 2 is 2.15 bits per heavy atom. The van der Waals surface area contributed by atoms with E-state index < -0.39 is 23.1 Å². The van der Waals surface area contributed by atoms with Crippen LogP contribution in [0.5, 0.6) is 5.75 Å². The second-order valence-corrected chi connectivity index (χ2v) is 6.03. The van der Waals surface area contributed by atoms with Gasteiger partial charge in [-0.25, -0.2) is 0 Å². The van der Waals surface area contributed by atoms with Gasteiger partial charge in [0, 0.05) is 19.2 Å². The number of carbonyl (C=O) groups excluding carboxylic acids is 1. The number of rotatable bonds is 6. The van der Waals surface area contributed by atoms with Gasteiger partial charge in [0.25, 0.3) is 0 Å². The van der Waals surface area contributed by atoms with Crippen molar-refractivity contribution in [1.29, 1.82) is 0 Å². The van der Waals surface area contributed by atoms with E-state index in [4.69, 9.17) is 18.3 Å². The van der Waals surface area contributed by atoms with Gasteiger partial charge in [0.15, 0.2) is 5.76 Å². The average Bonchev–Trinajstić information content (AvgIpc) is 3.18. The van der Waals surface area contributed by atoms with Crippen LogP contribution in [0.1, 0.15) is 29.6 Å². The molecule has 1 saturated heterocycles. The van der Waals surface area contributed by atoms with Crippen LogP contribution in [0.2, 0.25) is 0 Å². The fourth-order valence-corrected chi connectivity index (χ4v) is 2.91. The van der Waals surface area contributed by atoms with Crippen molar-refractivity contribution in [3.8, 4) is 5.75 Å². The van der Waals surface area contributed by atoms with Crippen molar-refractivity contribution in [1.82, 2.24) is 4.90 Å². The van der Waals surface area contributed by atoms with Gasteiger partial charge >= 0.3 is 5.97 Å². The molecule has 8 heteroatoms. The SMILES string of the molecule is COC(=O)CC(c1ccco1)c1oc(CN2CCOCC2)cc(=O)c1O. The van der Waals surface area contributed by atoms with E-state index in [0.717, 1.165) is 13.1 Å². The molecule has 2 aromatic heterocycles. The summed E-state index contributed by atoms with van der Waals surface area (Å²) >= 11 is 0. The quantitative estimate of drug-likeness (QED) is 0.770. The molecular formula is C18H21NO7. The predicted octanol–water partition coefficient (Wildman–Crippen LogP) is 1.47. The Kier molecular flexibility index (Phi) is 5.75. The molecule has 1 unspecified atom stereocenters. The monoisotopic (exact) mass is 363 g/mol. The minimum atomic E-state index is -0.755. The van der Waals surface area contributed by atoms with Crippen molar-refractivity contribution in [2.75, 3.05) is 33.4 Å². The van der Waals surface area contributed by atoms with Gasteiger partial charge in [-0.3, -0.25) is 14.5 Å². The van der Waals surface area contributed by atoms with Gasteiger partial charge in [0.2, 0.25) is 11.2 Å². The Morgan fingerprint density at radius 1 is 1.38 bits per heavy atom. The molecule has 0 aliphatic carbocycles. The Labute approximate surface area is 149 Å². The van der Waals surface area contributed by atoms with Gasteiger partial charge < -0.3 is 23.4 Å². The molecule has 3 rings (SSSR count). The molecule has 1 aliphatic rings. The summed E-state index contributed by atoms with van der Waals surface area (Å²) in [5.41, 5.74) is -0.559. The topological polar surface area (TPSA) is 102 Å². The summed E-state index contributed by atoms with van der Waals surface area (Å²) in [7, 11) is 1.27. The van der Waals surface area contributed by atoms with E-state index in [1.165, 1.54) is 19.4 Å². The van der Waals surface area contributed by atoms with E-state index >= 15 is 0 Å². The van der Waals surface area contributed by atoms with Gasteiger partial charge in [-0.05, 0) is 12.1 Å². The molecule has 1 atom stereocenters. The fourth-order valence-electron chi connectivity index (χ4n) is 2.91. The number of ether oxygens (including phenoxy) is 2. The smallest absolute Gasteiger partial charge is 0.306 e. The van der Waals surface area contributed by atoms with Crippen molar-refractivity contribution >= 4 is 5.97 Å². The summed E-state index contributed by atoms with van der Waals surface area (Å²) < 4.78 is 21.2. The van der Waals surface area contributed by atoms with Crippen molar-refractivity contribution in [3.63, 3.8) is 0 Å². The van der Waals surface area contributed by atoms with Crippen LogP contribution >= 0.6 is 0 Å². The number of furan rings is 1. The highest BCUT2D eigenvalue weighted by Gasteiger charge is 2.29. The predicted molar refractivity (Wildman–Crippen MR) is 89.9 cm³/mol. The van der Waals surface area contributed by atoms with Crippen LogP contribution in [0, 0.1) is 0 Å². The molecule has 1 fully saturated rings. The molecule has 0 radical (unpaired) electrons. The Balaban J connectivity index is 1.94. The Morgan fingerprint density at radius 3 is 2.81 bits per heavy atom. The van der Waals surface area contributed by atoms with Crippen molar-refractivity contribution in [2.24, 2.45) is 0 Å². The van der Waals surface area contributed by atoms with E-state index in [1.54, 1.807) is 12.1 Å². The van der Waals surface area contributed by atoms with E-state index in [-0.39, 0.29) is 12.2 Å². The largest absolute Gasteiger partial charge is 0.502 e. The zero-order valence-corrected chi connectivity index (χ0v) is 14.5. The van der Waals surface area contributed by atoms with Crippen molar-refractivity contribution in [3.05, 3.63) is 52.0 Å². The number of hydrogen-bond acceptors (Lipinski definition) is 8. The molecule has 0 spiro atoms. The maximum atomic E-state index is 12.2. The van der Waals surface area contributed by atoms with Crippen LogP contribution in [0.15, 0.2) is 38.1 Å². The first-order valence-corrected chi connectivity index (χ1v) is 8.34. The standard InChI is InChI=1S/C18H21NO7/c1-23-16(21)10-13(15-3-2-6-25-15)18-17(22)14(20)9-12(26-18)11-19-4-7-24-8-5-19/h2-3,6,9,13,22H,4-5,7-8,10-11H2,1H3.